The second kappa shape index (κ2) is 12.2. The molecule has 1 saturated heterocycles. The van der Waals surface area contributed by atoms with E-state index in [1.807, 2.05) is 27.5 Å². The van der Waals surface area contributed by atoms with E-state index in [2.05, 4.69) is 40.8 Å². The molecule has 0 unspecified atom stereocenters. The van der Waals surface area contributed by atoms with Crippen molar-refractivity contribution in [1.82, 2.24) is 23.9 Å². The fraction of sp³-hybridized carbons (Fsp3) is 0.219. The summed E-state index contributed by atoms with van der Waals surface area (Å²) in [6, 6.07) is 16.5. The summed E-state index contributed by atoms with van der Waals surface area (Å²) < 4.78 is 3.29. The molecular formula is C32H31ClN8O2. The van der Waals surface area contributed by atoms with E-state index in [1.54, 1.807) is 42.7 Å². The molecule has 10 nitrogen and oxygen atoms in total. The predicted molar refractivity (Wildman–Crippen MR) is 170 cm³/mol. The van der Waals surface area contributed by atoms with Crippen LogP contribution < -0.4 is 20.7 Å². The van der Waals surface area contributed by atoms with Crippen molar-refractivity contribution in [2.45, 2.75) is 13.3 Å². The van der Waals surface area contributed by atoms with Crippen molar-refractivity contribution in [1.29, 1.82) is 0 Å². The Morgan fingerprint density at radius 3 is 2.58 bits per heavy atom. The van der Waals surface area contributed by atoms with E-state index in [0.717, 1.165) is 43.0 Å². The van der Waals surface area contributed by atoms with Crippen LogP contribution in [-0.4, -0.2) is 62.4 Å². The average Bonchev–Trinajstić information content (AvgIpc) is 3.14. The highest BCUT2D eigenvalue weighted by Crippen LogP contribution is 2.33. The van der Waals surface area contributed by atoms with Crippen LogP contribution in [0, 0.1) is 6.92 Å². The van der Waals surface area contributed by atoms with Crippen LogP contribution in [0.5, 0.6) is 0 Å². The van der Waals surface area contributed by atoms with Crippen molar-refractivity contribution in [2.75, 3.05) is 47.8 Å². The highest BCUT2D eigenvalue weighted by atomic mass is 35.5. The lowest BCUT2D eigenvalue weighted by Crippen LogP contribution is -2.42. The van der Waals surface area contributed by atoms with Crippen molar-refractivity contribution in [2.24, 2.45) is 0 Å². The third-order valence-corrected chi connectivity index (χ3v) is 7.82. The summed E-state index contributed by atoms with van der Waals surface area (Å²) in [5.41, 5.74) is 4.14. The summed E-state index contributed by atoms with van der Waals surface area (Å²) in [5, 5.41) is 3.31. The van der Waals surface area contributed by atoms with Gasteiger partial charge >= 0.3 is 0 Å². The number of halogens is 1. The normalized spacial score (nSPS) is 15.5. The van der Waals surface area contributed by atoms with Crippen molar-refractivity contribution in [3.05, 3.63) is 113 Å². The van der Waals surface area contributed by atoms with E-state index in [1.165, 1.54) is 16.3 Å². The number of nitrogens with zero attached hydrogens (tertiary/aromatic N) is 7. The molecule has 0 saturated carbocycles. The van der Waals surface area contributed by atoms with Gasteiger partial charge in [0.25, 0.3) is 5.56 Å². The first-order chi connectivity index (χ1) is 20.9. The summed E-state index contributed by atoms with van der Waals surface area (Å²) in [4.78, 5) is 44.1. The maximum atomic E-state index is 13.3. The average molecular weight is 595 g/mol. The number of piperazine rings is 1. The van der Waals surface area contributed by atoms with Gasteiger partial charge in [-0.15, -0.1) is 6.58 Å². The SMILES string of the molecule is C=CCC1=CC(=O)c2cnc(Nc3ccc(N4CCN(Cl)CC4)c(C)c3)nc2N(c2cccc(-n3ccccc3=O)n2)C1. The molecule has 1 N–H and O–H groups in total. The molecule has 0 amide bonds. The molecule has 11 heteroatoms. The van der Waals surface area contributed by atoms with Gasteiger partial charge in [-0.3, -0.25) is 14.2 Å². The van der Waals surface area contributed by atoms with Crippen molar-refractivity contribution in [3.63, 3.8) is 0 Å². The van der Waals surface area contributed by atoms with E-state index in [9.17, 15) is 9.59 Å². The van der Waals surface area contributed by atoms with Gasteiger partial charge in [0.2, 0.25) is 5.95 Å². The van der Waals surface area contributed by atoms with Crippen LogP contribution >= 0.6 is 11.8 Å². The molecule has 0 spiro atoms. The molecule has 3 aromatic heterocycles. The molecule has 5 heterocycles. The van der Waals surface area contributed by atoms with Crippen LogP contribution in [0.3, 0.4) is 0 Å². The predicted octanol–water partition coefficient (Wildman–Crippen LogP) is 5.19. The Balaban J connectivity index is 1.35. The Morgan fingerprint density at radius 1 is 1.00 bits per heavy atom. The maximum absolute atomic E-state index is 13.3. The second-order valence-electron chi connectivity index (χ2n) is 10.5. The fourth-order valence-electron chi connectivity index (χ4n) is 5.35. The van der Waals surface area contributed by atoms with Gasteiger partial charge in [0.15, 0.2) is 11.6 Å². The lowest BCUT2D eigenvalue weighted by molar-refractivity contribution is 0.104. The van der Waals surface area contributed by atoms with E-state index in [-0.39, 0.29) is 11.3 Å². The molecular weight excluding hydrogens is 564 g/mol. The molecule has 0 atom stereocenters. The Labute approximate surface area is 254 Å². The number of pyridine rings is 2. The lowest BCUT2D eigenvalue weighted by Gasteiger charge is -2.33. The fourth-order valence-corrected chi connectivity index (χ4v) is 5.50. The molecule has 4 aromatic rings. The lowest BCUT2D eigenvalue weighted by atomic mass is 10.1. The summed E-state index contributed by atoms with van der Waals surface area (Å²) in [6.45, 7) is 9.65. The number of hydrogen-bond donors (Lipinski definition) is 1. The molecule has 2 aliphatic heterocycles. The Bertz CT molecular complexity index is 1780. The Kier molecular flexibility index (Phi) is 8.04. The zero-order chi connectivity index (χ0) is 29.9. The van der Waals surface area contributed by atoms with E-state index >= 15 is 0 Å². The minimum absolute atomic E-state index is 0.187. The van der Waals surface area contributed by atoms with Gasteiger partial charge < -0.3 is 15.1 Å². The number of allylic oxidation sites excluding steroid dienone is 2. The van der Waals surface area contributed by atoms with E-state index in [0.29, 0.717) is 41.9 Å². The Hall–Kier alpha value is -4.80. The molecule has 2 aliphatic rings. The number of rotatable bonds is 7. The topological polar surface area (TPSA) is 99.5 Å². The number of benzene rings is 1. The third-order valence-electron chi connectivity index (χ3n) is 7.48. The van der Waals surface area contributed by atoms with Gasteiger partial charge in [-0.25, -0.2) is 14.4 Å². The first-order valence-electron chi connectivity index (χ1n) is 14.1. The van der Waals surface area contributed by atoms with Crippen LogP contribution in [0.15, 0.2) is 96.1 Å². The van der Waals surface area contributed by atoms with Gasteiger partial charge in [-0.05, 0) is 78.7 Å². The third kappa shape index (κ3) is 6.06. The van der Waals surface area contributed by atoms with Crippen LogP contribution in [0.1, 0.15) is 22.3 Å². The first-order valence-corrected chi connectivity index (χ1v) is 14.4. The second-order valence-corrected chi connectivity index (χ2v) is 10.9. The highest BCUT2D eigenvalue weighted by Gasteiger charge is 2.26. The number of ketones is 1. The number of hydrogen-bond acceptors (Lipinski definition) is 9. The van der Waals surface area contributed by atoms with Gasteiger partial charge in [0, 0.05) is 62.6 Å². The van der Waals surface area contributed by atoms with Crippen LogP contribution in [-0.2, 0) is 0 Å². The molecule has 1 aromatic carbocycles. The minimum atomic E-state index is -0.192. The quantitative estimate of drug-likeness (QED) is 0.229. The Morgan fingerprint density at radius 2 is 1.81 bits per heavy atom. The molecule has 218 valence electrons. The number of carbonyl (C=O) groups is 1. The van der Waals surface area contributed by atoms with Crippen molar-refractivity contribution < 1.29 is 4.79 Å². The molecule has 6 rings (SSSR count). The van der Waals surface area contributed by atoms with Gasteiger partial charge in [0.1, 0.15) is 11.6 Å². The zero-order valence-electron chi connectivity index (χ0n) is 23.8. The van der Waals surface area contributed by atoms with Gasteiger partial charge in [0.05, 0.1) is 5.56 Å². The maximum Gasteiger partial charge on any atom is 0.256 e. The van der Waals surface area contributed by atoms with E-state index < -0.39 is 0 Å². The van der Waals surface area contributed by atoms with Crippen LogP contribution in [0.4, 0.5) is 29.0 Å². The number of carbonyl (C=O) groups excluding carboxylic acids is 1. The summed E-state index contributed by atoms with van der Waals surface area (Å²) in [6.07, 6.45) is 7.13. The largest absolute Gasteiger partial charge is 0.369 e. The van der Waals surface area contributed by atoms with Crippen LogP contribution in [0.2, 0.25) is 0 Å². The minimum Gasteiger partial charge on any atom is -0.369 e. The zero-order valence-corrected chi connectivity index (χ0v) is 24.5. The molecule has 1 fully saturated rings. The number of nitrogens with one attached hydrogen (secondary N) is 1. The smallest absolute Gasteiger partial charge is 0.256 e. The van der Waals surface area contributed by atoms with Crippen LogP contribution in [0.25, 0.3) is 5.82 Å². The first kappa shape index (κ1) is 28.3. The highest BCUT2D eigenvalue weighted by molar-refractivity contribution is 6.13. The van der Waals surface area contributed by atoms with Crippen molar-refractivity contribution in [3.8, 4) is 5.82 Å². The number of aryl methyl sites for hydroxylation is 1. The number of anilines is 5. The molecule has 43 heavy (non-hydrogen) atoms. The van der Waals surface area contributed by atoms with E-state index in [4.69, 9.17) is 21.7 Å². The van der Waals surface area contributed by atoms with Crippen molar-refractivity contribution >= 4 is 46.5 Å². The summed E-state index contributed by atoms with van der Waals surface area (Å²) >= 11 is 6.14. The monoisotopic (exact) mass is 594 g/mol. The molecule has 0 aliphatic carbocycles. The standard InChI is InChI=1S/C32H31ClN8O2/c1-3-7-23-19-27(42)25-20-34-32(35-24-11-12-26(22(2)18-24)38-14-16-39(33)17-15-38)37-31(25)41(21-23)29-9-6-8-28(36-29)40-13-5-4-10-30(40)43/h3-6,8-13,18-20H,1,7,14-17,21H2,2H3,(H,34,35,37). The number of aromatic nitrogens is 4. The van der Waals surface area contributed by atoms with Gasteiger partial charge in [-0.1, -0.05) is 18.2 Å². The summed E-state index contributed by atoms with van der Waals surface area (Å²) in [5.74, 6) is 1.59. The number of fused-ring (bicyclic) bond motifs is 1. The molecule has 0 bridgehead atoms. The molecule has 0 radical (unpaired) electrons. The summed E-state index contributed by atoms with van der Waals surface area (Å²) in [7, 11) is 0. The van der Waals surface area contributed by atoms with Gasteiger partial charge in [-0.2, -0.15) is 4.98 Å².